The summed E-state index contributed by atoms with van der Waals surface area (Å²) in [7, 11) is 0. The van der Waals surface area contributed by atoms with Crippen molar-refractivity contribution in [1.29, 1.82) is 0 Å². The van der Waals surface area contributed by atoms with Crippen LogP contribution in [0.15, 0.2) is 34.4 Å². The largest absolute Gasteiger partial charge is 4.00 e. The molecule has 0 aromatic heterocycles. The molecule has 0 aliphatic rings. The first kappa shape index (κ1) is 29.8. The van der Waals surface area contributed by atoms with Crippen molar-refractivity contribution < 1.29 is 51.0 Å². The minimum atomic E-state index is 0. The van der Waals surface area contributed by atoms with Gasteiger partial charge in [0.15, 0.2) is 0 Å². The molecule has 0 atom stereocenters. The molecule has 3 radical (unpaired) electrons. The van der Waals surface area contributed by atoms with Crippen LogP contribution in [-0.2, 0) is 26.2 Å². The van der Waals surface area contributed by atoms with E-state index < -0.39 is 0 Å². The summed E-state index contributed by atoms with van der Waals surface area (Å²) in [5, 5.41) is 0. The summed E-state index contributed by atoms with van der Waals surface area (Å²) in [6, 6.07) is 10.0. The molecule has 0 heterocycles. The zero-order valence-corrected chi connectivity index (χ0v) is 18.6. The third-order valence-corrected chi connectivity index (χ3v) is 0.556. The van der Waals surface area contributed by atoms with Gasteiger partial charge in [-0.25, -0.2) is 12.1 Å². The Hall–Kier alpha value is 3.01. The molecule has 1 rings (SSSR count). The van der Waals surface area contributed by atoms with Gasteiger partial charge >= 0.3 is 96.3 Å². The maximum atomic E-state index is 4.76. The van der Waals surface area contributed by atoms with Gasteiger partial charge in [-0.1, -0.05) is 0 Å². The molecule has 0 aliphatic carbocycles. The van der Waals surface area contributed by atoms with Gasteiger partial charge < -0.3 is 24.8 Å². The molecule has 0 amide bonds. The fourth-order valence-corrected chi connectivity index (χ4v) is 0.321. The van der Waals surface area contributed by atoms with Crippen LogP contribution in [0, 0.1) is 6.58 Å². The number of hydrogen-bond acceptors (Lipinski definition) is 0. The first-order valence-corrected chi connectivity index (χ1v) is 12.9. The first-order valence-electron chi connectivity index (χ1n) is 2.49. The van der Waals surface area contributed by atoms with Crippen LogP contribution in [0.1, 0.15) is 0 Å². The summed E-state index contributed by atoms with van der Waals surface area (Å²) in [4.78, 5) is 0. The Kier molecular flexibility index (Phi) is 83.1. The standard InChI is InChI=1S/C5H5.C2H2.2ClH.3Sb.Zr.H/c1-2-4-5-3-1;1-2;;;;;;;/h1-5H;1-2H;2*1H;;;;;/q2*-1;;;;;;+4;/p-2. The Morgan fingerprint density at radius 1 is 1.15 bits per heavy atom. The Bertz CT molecular complexity index is 119. The minimum Gasteiger partial charge on any atom is -0.214 e. The molecule has 0 saturated carbocycles. The van der Waals surface area contributed by atoms with Crippen LogP contribution in [0.4, 0.5) is 0 Å². The van der Waals surface area contributed by atoms with Gasteiger partial charge in [0.2, 0.25) is 0 Å². The van der Waals surface area contributed by atoms with E-state index in [0.29, 0.717) is 0 Å². The van der Waals surface area contributed by atoms with Gasteiger partial charge in [0.05, 0.1) is 0 Å². The average molecular weight is 620 g/mol. The zero-order valence-electron chi connectivity index (χ0n) is 6.69. The van der Waals surface area contributed by atoms with Crippen LogP contribution in [0.25, 0.3) is 0 Å². The second kappa shape index (κ2) is 36.3. The first-order chi connectivity index (χ1) is 4.91. The summed E-state index contributed by atoms with van der Waals surface area (Å²) in [5.74, 6) is 0. The summed E-state index contributed by atoms with van der Waals surface area (Å²) in [5.41, 5.74) is 0. The molecular formula is C7H8Cl2Sb3Zr. The fraction of sp³-hybridized carbons (Fsp3) is 0. The summed E-state index contributed by atoms with van der Waals surface area (Å²) >= 11 is 4.89. The smallest absolute Gasteiger partial charge is 0.214 e. The van der Waals surface area contributed by atoms with E-state index in [1.807, 2.05) is 30.3 Å². The van der Waals surface area contributed by atoms with Crippen molar-refractivity contribution >= 4 is 59.5 Å². The molecule has 0 fully saturated rings. The quantitative estimate of drug-likeness (QED) is 0.201. The van der Waals surface area contributed by atoms with Crippen LogP contribution >= 0.6 is 0 Å². The van der Waals surface area contributed by atoms with Crippen LogP contribution in [-0.4, -0.2) is 59.5 Å². The number of hydrogen-bond donors (Lipinski definition) is 0. The minimum absolute atomic E-state index is 0. The molecule has 0 spiro atoms. The van der Waals surface area contributed by atoms with Gasteiger partial charge in [0.25, 0.3) is 0 Å². The normalized spacial score (nSPS) is 4.38. The fourth-order valence-electron chi connectivity index (χ4n) is 0.321. The van der Waals surface area contributed by atoms with Crippen LogP contribution < -0.4 is 24.8 Å². The van der Waals surface area contributed by atoms with Crippen LogP contribution in [0.5, 0.6) is 0 Å². The third-order valence-electron chi connectivity index (χ3n) is 0.556. The molecular weight excluding hydrogens is 611 g/mol. The van der Waals surface area contributed by atoms with Gasteiger partial charge in [0.1, 0.15) is 0 Å². The van der Waals surface area contributed by atoms with E-state index in [1.54, 1.807) is 40.5 Å². The predicted molar refractivity (Wildman–Crippen MR) is 49.6 cm³/mol. The van der Waals surface area contributed by atoms with Crippen LogP contribution in [0.2, 0.25) is 0 Å². The van der Waals surface area contributed by atoms with E-state index in [-0.39, 0.29) is 51.0 Å². The molecule has 0 nitrogen and oxygen atoms in total. The summed E-state index contributed by atoms with van der Waals surface area (Å²) in [6.45, 7) is 4.76. The van der Waals surface area contributed by atoms with Crippen molar-refractivity contribution in [3.63, 3.8) is 0 Å². The molecule has 0 bridgehead atoms. The van der Waals surface area contributed by atoms with E-state index in [9.17, 15) is 0 Å². The van der Waals surface area contributed by atoms with Crippen molar-refractivity contribution in [3.05, 3.63) is 40.9 Å². The summed E-state index contributed by atoms with van der Waals surface area (Å²) in [6.07, 6.45) is 0. The molecule has 13 heavy (non-hydrogen) atoms. The maximum absolute atomic E-state index is 4.76. The van der Waals surface area contributed by atoms with Crippen LogP contribution in [0.3, 0.4) is 0 Å². The Balaban J connectivity index is -0.0000000244. The topological polar surface area (TPSA) is 0 Å². The SMILES string of the molecule is [CH-]=[CH][SbH].[Cl-].[Cl-].[Sb]=[Sb].[Zr+4].c1cc[cH-]c1. The van der Waals surface area contributed by atoms with Gasteiger partial charge in [0, 0.05) is 0 Å². The second-order valence-corrected chi connectivity index (χ2v) is 2.08. The molecule has 0 N–H and O–H groups in total. The van der Waals surface area contributed by atoms with Crippen molar-refractivity contribution in [2.75, 3.05) is 0 Å². The predicted octanol–water partition coefficient (Wildman–Crippen LogP) is -5.52. The third kappa shape index (κ3) is 39.6. The van der Waals surface area contributed by atoms with E-state index in [2.05, 4.69) is 0 Å². The van der Waals surface area contributed by atoms with Crippen molar-refractivity contribution in [1.82, 2.24) is 0 Å². The maximum Gasteiger partial charge on any atom is 4.00 e. The number of rotatable bonds is 0. The molecule has 0 aliphatic heterocycles. The molecule has 6 heteroatoms. The van der Waals surface area contributed by atoms with E-state index in [4.69, 9.17) is 6.58 Å². The Morgan fingerprint density at radius 3 is 1.46 bits per heavy atom. The van der Waals surface area contributed by atoms with Gasteiger partial charge in [-0.2, -0.15) is 18.2 Å². The molecule has 0 unspecified atom stereocenters. The zero-order chi connectivity index (χ0) is 8.24. The number of halogens is 2. The van der Waals surface area contributed by atoms with E-state index in [0.717, 1.165) is 0 Å². The summed E-state index contributed by atoms with van der Waals surface area (Å²) < 4.78 is 1.59. The second-order valence-electron chi connectivity index (χ2n) is 1.13. The Morgan fingerprint density at radius 2 is 1.38 bits per heavy atom. The molecule has 1 aromatic rings. The van der Waals surface area contributed by atoms with Crippen molar-refractivity contribution in [2.45, 2.75) is 0 Å². The average Bonchev–Trinajstić information content (AvgIpc) is 2.48. The van der Waals surface area contributed by atoms with E-state index in [1.165, 1.54) is 23.0 Å². The van der Waals surface area contributed by atoms with Gasteiger partial charge in [-0.3, -0.25) is 0 Å². The Labute approximate surface area is 148 Å². The van der Waals surface area contributed by atoms with E-state index >= 15 is 0 Å². The van der Waals surface area contributed by atoms with Crippen molar-refractivity contribution in [3.8, 4) is 0 Å². The van der Waals surface area contributed by atoms with Crippen molar-refractivity contribution in [2.24, 2.45) is 0 Å². The van der Waals surface area contributed by atoms with Gasteiger partial charge in [-0.05, 0) is 0 Å². The van der Waals surface area contributed by atoms with Gasteiger partial charge in [-0.15, -0.1) is 0 Å². The monoisotopic (exact) mass is 615 g/mol. The molecule has 1 aromatic carbocycles. The molecule has 69 valence electrons. The molecule has 0 saturated heterocycles.